The Labute approximate surface area is 166 Å². The van der Waals surface area contributed by atoms with E-state index in [2.05, 4.69) is 59.7 Å². The quantitative estimate of drug-likeness (QED) is 0.310. The normalized spacial score (nSPS) is 13.5. The van der Waals surface area contributed by atoms with Crippen LogP contribution < -0.4 is 0 Å². The number of aliphatic imine (C=N–C) groups is 1. The first-order valence-corrected chi connectivity index (χ1v) is 10.2. The molecule has 0 atom stereocenters. The summed E-state index contributed by atoms with van der Waals surface area (Å²) in [5.74, 6) is 0. The third kappa shape index (κ3) is 39.3. The van der Waals surface area contributed by atoms with Gasteiger partial charge >= 0.3 is 0 Å². The van der Waals surface area contributed by atoms with Crippen LogP contribution in [0.1, 0.15) is 126 Å². The van der Waals surface area contributed by atoms with Gasteiger partial charge in [0.15, 0.2) is 0 Å². The summed E-state index contributed by atoms with van der Waals surface area (Å²) >= 11 is 0. The van der Waals surface area contributed by atoms with Gasteiger partial charge in [-0.3, -0.25) is 4.99 Å². The Morgan fingerprint density at radius 1 is 0.652 bits per heavy atom. The van der Waals surface area contributed by atoms with Crippen LogP contribution in [0.25, 0.3) is 0 Å². The maximum absolute atomic E-state index is 4.48. The van der Waals surface area contributed by atoms with E-state index in [1.54, 1.807) is 0 Å². The molecule has 2 heteroatoms. The third-order valence-electron chi connectivity index (χ3n) is 3.57. The second-order valence-corrected chi connectivity index (χ2v) is 6.03. The van der Waals surface area contributed by atoms with Crippen molar-refractivity contribution in [2.45, 2.75) is 132 Å². The van der Waals surface area contributed by atoms with Gasteiger partial charge < -0.3 is 0 Å². The average molecular weight is 432 g/mol. The molecular formula is C21H47NSn. The second kappa shape index (κ2) is 33.9. The molecule has 0 N–H and O–H groups in total. The minimum Gasteiger partial charge on any atom is -0.294 e. The van der Waals surface area contributed by atoms with E-state index in [-0.39, 0.29) is 23.9 Å². The van der Waals surface area contributed by atoms with Crippen LogP contribution in [0.15, 0.2) is 4.99 Å². The standard InChI is InChI=1S/C9H17N.3C4H10.Sn/c1-2-8-10-9-6-4-3-5-7-9;3*1-3-4-2;/h8-9H,2-7H2,1H3;3*3-4H2,1-2H3;. The monoisotopic (exact) mass is 433 g/mol. The molecule has 0 aromatic heterocycles. The molecule has 1 nitrogen and oxygen atoms in total. The maximum atomic E-state index is 4.48. The Morgan fingerprint density at radius 2 is 1.00 bits per heavy atom. The van der Waals surface area contributed by atoms with Crippen molar-refractivity contribution >= 4 is 30.1 Å². The third-order valence-corrected chi connectivity index (χ3v) is 3.57. The van der Waals surface area contributed by atoms with Crippen LogP contribution in [0.2, 0.25) is 0 Å². The van der Waals surface area contributed by atoms with Crippen LogP contribution in [0, 0.1) is 0 Å². The Hall–Kier alpha value is 0.469. The molecule has 1 saturated carbocycles. The van der Waals surface area contributed by atoms with Crippen LogP contribution in [-0.4, -0.2) is 36.2 Å². The van der Waals surface area contributed by atoms with Crippen molar-refractivity contribution in [3.05, 3.63) is 0 Å². The fourth-order valence-corrected chi connectivity index (χ4v) is 1.48. The van der Waals surface area contributed by atoms with Crippen molar-refractivity contribution in [3.8, 4) is 0 Å². The van der Waals surface area contributed by atoms with Crippen molar-refractivity contribution in [2.24, 2.45) is 4.99 Å². The van der Waals surface area contributed by atoms with Gasteiger partial charge in [0.1, 0.15) is 0 Å². The molecule has 0 aromatic carbocycles. The van der Waals surface area contributed by atoms with Gasteiger partial charge in [0.2, 0.25) is 0 Å². The van der Waals surface area contributed by atoms with Crippen LogP contribution >= 0.6 is 0 Å². The van der Waals surface area contributed by atoms with Crippen molar-refractivity contribution in [1.29, 1.82) is 0 Å². The smallest absolute Gasteiger partial charge is 0.0495 e. The fourth-order valence-electron chi connectivity index (χ4n) is 1.48. The van der Waals surface area contributed by atoms with E-state index < -0.39 is 0 Å². The van der Waals surface area contributed by atoms with E-state index in [0.717, 1.165) is 6.42 Å². The average Bonchev–Trinajstić information content (AvgIpc) is 2.61. The minimum absolute atomic E-state index is 0. The fraction of sp³-hybridized carbons (Fsp3) is 0.952. The summed E-state index contributed by atoms with van der Waals surface area (Å²) in [4.78, 5) is 4.48. The van der Waals surface area contributed by atoms with Crippen LogP contribution in [0.4, 0.5) is 0 Å². The number of rotatable bonds is 5. The summed E-state index contributed by atoms with van der Waals surface area (Å²) in [5.41, 5.74) is 0. The van der Waals surface area contributed by atoms with Crippen molar-refractivity contribution in [2.75, 3.05) is 0 Å². The predicted octanol–water partition coefficient (Wildman–Crippen LogP) is 7.84. The van der Waals surface area contributed by atoms with Gasteiger partial charge in [-0.25, -0.2) is 0 Å². The first-order valence-electron chi connectivity index (χ1n) is 10.2. The van der Waals surface area contributed by atoms with Gasteiger partial charge in [0.25, 0.3) is 0 Å². The topological polar surface area (TPSA) is 12.4 Å². The van der Waals surface area contributed by atoms with Gasteiger partial charge in [-0.1, -0.05) is 106 Å². The zero-order chi connectivity index (χ0) is 17.5. The molecule has 140 valence electrons. The largest absolute Gasteiger partial charge is 0.294 e. The molecule has 23 heavy (non-hydrogen) atoms. The zero-order valence-corrected chi connectivity index (χ0v) is 20.4. The Morgan fingerprint density at radius 3 is 1.26 bits per heavy atom. The Bertz CT molecular complexity index is 159. The van der Waals surface area contributed by atoms with E-state index in [0.29, 0.717) is 6.04 Å². The molecule has 0 spiro atoms. The van der Waals surface area contributed by atoms with Gasteiger partial charge in [-0.15, -0.1) is 0 Å². The number of hydrogen-bond acceptors (Lipinski definition) is 1. The molecule has 1 aliphatic carbocycles. The van der Waals surface area contributed by atoms with Gasteiger partial charge in [-0.05, 0) is 25.5 Å². The van der Waals surface area contributed by atoms with E-state index in [4.69, 9.17) is 0 Å². The van der Waals surface area contributed by atoms with Crippen molar-refractivity contribution in [1.82, 2.24) is 0 Å². The second-order valence-electron chi connectivity index (χ2n) is 6.03. The Kier molecular flexibility index (Phi) is 46.1. The van der Waals surface area contributed by atoms with Gasteiger partial charge in [-0.2, -0.15) is 0 Å². The number of hydrogen-bond donors (Lipinski definition) is 0. The summed E-state index contributed by atoms with van der Waals surface area (Å²) in [5, 5.41) is 0. The molecule has 0 aromatic rings. The molecule has 4 radical (unpaired) electrons. The first-order chi connectivity index (χ1) is 10.7. The first kappa shape index (κ1) is 31.3. The summed E-state index contributed by atoms with van der Waals surface area (Å²) in [6, 6.07) is 0.675. The van der Waals surface area contributed by atoms with E-state index in [1.165, 1.54) is 70.6 Å². The summed E-state index contributed by atoms with van der Waals surface area (Å²) < 4.78 is 0. The summed E-state index contributed by atoms with van der Waals surface area (Å²) in [7, 11) is 0. The minimum atomic E-state index is 0. The molecule has 0 heterocycles. The van der Waals surface area contributed by atoms with E-state index >= 15 is 0 Å². The van der Waals surface area contributed by atoms with Gasteiger partial charge in [0.05, 0.1) is 0 Å². The SMILES string of the molecule is CCC=NC1CCCCC1.CCCC.CCCC.CCCC.[Sn]. The van der Waals surface area contributed by atoms with E-state index in [1.807, 2.05) is 0 Å². The predicted molar refractivity (Wildman–Crippen MR) is 113 cm³/mol. The van der Waals surface area contributed by atoms with Crippen LogP contribution in [-0.2, 0) is 0 Å². The molecule has 0 bridgehead atoms. The van der Waals surface area contributed by atoms with Crippen LogP contribution in [0.3, 0.4) is 0 Å². The summed E-state index contributed by atoms with van der Waals surface area (Å²) in [6.07, 6.45) is 18.0. The van der Waals surface area contributed by atoms with Gasteiger partial charge in [0, 0.05) is 29.9 Å². The molecule has 0 unspecified atom stereocenters. The zero-order valence-electron chi connectivity index (χ0n) is 17.6. The maximum Gasteiger partial charge on any atom is 0.0495 e. The summed E-state index contributed by atoms with van der Waals surface area (Å²) in [6.45, 7) is 15.2. The van der Waals surface area contributed by atoms with Crippen molar-refractivity contribution in [3.63, 3.8) is 0 Å². The number of nitrogens with zero attached hydrogens (tertiary/aromatic N) is 1. The molecule has 0 saturated heterocycles. The Balaban J connectivity index is -0.000000118. The molecule has 0 amide bonds. The molecular weight excluding hydrogens is 385 g/mol. The molecule has 0 aliphatic heterocycles. The van der Waals surface area contributed by atoms with Crippen LogP contribution in [0.5, 0.6) is 0 Å². The molecule has 1 aliphatic rings. The van der Waals surface area contributed by atoms with Crippen molar-refractivity contribution < 1.29 is 0 Å². The molecule has 1 fully saturated rings. The molecule has 1 rings (SSSR count). The number of unbranched alkanes of at least 4 members (excludes halogenated alkanes) is 3. The van der Waals surface area contributed by atoms with E-state index in [9.17, 15) is 0 Å².